The van der Waals surface area contributed by atoms with E-state index < -0.39 is 0 Å². The summed E-state index contributed by atoms with van der Waals surface area (Å²) < 4.78 is 8.62. The summed E-state index contributed by atoms with van der Waals surface area (Å²) in [5.41, 5.74) is 1.12. The number of aryl methyl sites for hydroxylation is 1. The number of nitrogens with one attached hydrogen (secondary N) is 1. The Labute approximate surface area is 198 Å². The van der Waals surface area contributed by atoms with E-state index in [-0.39, 0.29) is 11.9 Å². The number of carbonyl (C=O) groups excluding carboxylic acids is 1. The number of likely N-dealkylation sites (tertiary alicyclic amines) is 1. The summed E-state index contributed by atoms with van der Waals surface area (Å²) in [6.07, 6.45) is 12.6. The standard InChI is InChI=1S/C25H31N5O2S/c1-3-23(31)30-11-6-9-19(30)16-32-24-20-10-12-29(15-18-7-4-5-8-18)21(20)13-22(27-24)28-25-26-14-17(2)33-25/h3,10,12-14,18-19H,1,4-9,11,15-16H2,2H3,(H,26,27,28)/t19-/m0/s1. The first-order chi connectivity index (χ1) is 16.1. The third-order valence-electron chi connectivity index (χ3n) is 6.77. The minimum absolute atomic E-state index is 0.0310. The van der Waals surface area contributed by atoms with E-state index >= 15 is 0 Å². The molecule has 0 bridgehead atoms. The van der Waals surface area contributed by atoms with Gasteiger partial charge in [0.2, 0.25) is 11.8 Å². The molecule has 3 aromatic rings. The number of nitrogens with zero attached hydrogens (tertiary/aromatic N) is 4. The molecule has 7 nitrogen and oxygen atoms in total. The average molecular weight is 466 g/mol. The number of pyridine rings is 1. The van der Waals surface area contributed by atoms with Crippen molar-refractivity contribution in [2.24, 2.45) is 5.92 Å². The molecule has 174 valence electrons. The van der Waals surface area contributed by atoms with E-state index in [1.165, 1.54) is 31.8 Å². The molecule has 5 rings (SSSR count). The summed E-state index contributed by atoms with van der Waals surface area (Å²) in [4.78, 5) is 24.4. The van der Waals surface area contributed by atoms with E-state index in [2.05, 4.69) is 39.8 Å². The second-order valence-corrected chi connectivity index (χ2v) is 10.3. The summed E-state index contributed by atoms with van der Waals surface area (Å²) >= 11 is 1.60. The first-order valence-electron chi connectivity index (χ1n) is 11.9. The number of thiazole rings is 1. The van der Waals surface area contributed by atoms with Crippen molar-refractivity contribution < 1.29 is 9.53 Å². The zero-order valence-corrected chi connectivity index (χ0v) is 19.9. The molecule has 8 heteroatoms. The van der Waals surface area contributed by atoms with Gasteiger partial charge in [0, 0.05) is 36.4 Å². The van der Waals surface area contributed by atoms with Gasteiger partial charge < -0.3 is 19.5 Å². The highest BCUT2D eigenvalue weighted by molar-refractivity contribution is 7.15. The lowest BCUT2D eigenvalue weighted by Gasteiger charge is -2.23. The molecule has 2 aliphatic rings. The molecule has 33 heavy (non-hydrogen) atoms. The highest BCUT2D eigenvalue weighted by Gasteiger charge is 2.28. The van der Waals surface area contributed by atoms with E-state index in [0.717, 1.165) is 58.6 Å². The van der Waals surface area contributed by atoms with Crippen LogP contribution in [0.2, 0.25) is 0 Å². The van der Waals surface area contributed by atoms with Gasteiger partial charge in [-0.1, -0.05) is 19.4 Å². The van der Waals surface area contributed by atoms with Crippen LogP contribution < -0.4 is 10.1 Å². The minimum Gasteiger partial charge on any atom is -0.475 e. The summed E-state index contributed by atoms with van der Waals surface area (Å²) in [7, 11) is 0. The van der Waals surface area contributed by atoms with Gasteiger partial charge in [0.05, 0.1) is 16.9 Å². The first kappa shape index (κ1) is 21.9. The predicted molar refractivity (Wildman–Crippen MR) is 132 cm³/mol. The van der Waals surface area contributed by atoms with E-state index in [1.54, 1.807) is 11.3 Å². The highest BCUT2D eigenvalue weighted by Crippen LogP contribution is 2.33. The van der Waals surface area contributed by atoms with Gasteiger partial charge in [-0.05, 0) is 50.7 Å². The summed E-state index contributed by atoms with van der Waals surface area (Å²) in [6.45, 7) is 7.88. The Hall–Kier alpha value is -2.87. The van der Waals surface area contributed by atoms with Gasteiger partial charge in [0.25, 0.3) is 0 Å². The van der Waals surface area contributed by atoms with Crippen molar-refractivity contribution in [2.45, 2.75) is 58.0 Å². The summed E-state index contributed by atoms with van der Waals surface area (Å²) in [5.74, 6) is 2.03. The second-order valence-electron chi connectivity index (χ2n) is 9.11. The molecule has 0 spiro atoms. The fourth-order valence-electron chi connectivity index (χ4n) is 5.08. The molecule has 4 heterocycles. The number of carbonyl (C=O) groups is 1. The fourth-order valence-corrected chi connectivity index (χ4v) is 5.75. The molecule has 3 aromatic heterocycles. The molecule has 1 saturated heterocycles. The third-order valence-corrected chi connectivity index (χ3v) is 7.59. The van der Waals surface area contributed by atoms with Crippen LogP contribution in [0.5, 0.6) is 5.88 Å². The molecule has 1 aliphatic carbocycles. The van der Waals surface area contributed by atoms with E-state index in [4.69, 9.17) is 9.72 Å². The quantitative estimate of drug-likeness (QED) is 0.458. The monoisotopic (exact) mass is 465 g/mol. The van der Waals surface area contributed by atoms with Crippen LogP contribution in [0.1, 0.15) is 43.4 Å². The number of ether oxygens (including phenoxy) is 1. The predicted octanol–water partition coefficient (Wildman–Crippen LogP) is 5.29. The smallest absolute Gasteiger partial charge is 0.246 e. The minimum atomic E-state index is -0.0310. The maximum atomic E-state index is 12.2. The number of anilines is 2. The van der Waals surface area contributed by atoms with Crippen LogP contribution >= 0.6 is 11.3 Å². The molecule has 2 fully saturated rings. The summed E-state index contributed by atoms with van der Waals surface area (Å²) in [5, 5.41) is 5.18. The van der Waals surface area contributed by atoms with Gasteiger partial charge in [0.1, 0.15) is 12.4 Å². The molecule has 1 saturated carbocycles. The molecule has 1 atom stereocenters. The van der Waals surface area contributed by atoms with E-state index in [1.807, 2.05) is 18.0 Å². The zero-order valence-electron chi connectivity index (χ0n) is 19.1. The molecular formula is C25H31N5O2S. The number of rotatable bonds is 8. The first-order valence-corrected chi connectivity index (χ1v) is 12.7. The number of aromatic nitrogens is 3. The molecular weight excluding hydrogens is 434 g/mol. The van der Waals surface area contributed by atoms with Crippen molar-refractivity contribution in [2.75, 3.05) is 18.5 Å². The second kappa shape index (κ2) is 9.55. The van der Waals surface area contributed by atoms with Crippen molar-refractivity contribution in [3.63, 3.8) is 0 Å². The highest BCUT2D eigenvalue weighted by atomic mass is 32.1. The SMILES string of the molecule is C=CC(=O)N1CCC[C@H]1COc1nc(Nc2ncc(C)s2)cc2c1ccn2CC1CCCC1. The lowest BCUT2D eigenvalue weighted by molar-refractivity contribution is -0.127. The van der Waals surface area contributed by atoms with Gasteiger partial charge in [-0.25, -0.2) is 4.98 Å². The molecule has 1 aliphatic heterocycles. The van der Waals surface area contributed by atoms with Crippen molar-refractivity contribution in [3.05, 3.63) is 42.1 Å². The van der Waals surface area contributed by atoms with Gasteiger partial charge >= 0.3 is 0 Å². The lowest BCUT2D eigenvalue weighted by Crippen LogP contribution is -2.38. The zero-order chi connectivity index (χ0) is 22.8. The van der Waals surface area contributed by atoms with Crippen LogP contribution in [0.4, 0.5) is 10.9 Å². The van der Waals surface area contributed by atoms with Gasteiger partial charge in [-0.2, -0.15) is 4.98 Å². The Morgan fingerprint density at radius 1 is 1.33 bits per heavy atom. The number of hydrogen-bond acceptors (Lipinski definition) is 6. The van der Waals surface area contributed by atoms with Gasteiger partial charge in [-0.15, -0.1) is 11.3 Å². The van der Waals surface area contributed by atoms with Crippen LogP contribution in [0.3, 0.4) is 0 Å². The molecule has 1 N–H and O–H groups in total. The average Bonchev–Trinajstić information content (AvgIpc) is 3.61. The van der Waals surface area contributed by atoms with Crippen LogP contribution in [-0.2, 0) is 11.3 Å². The topological polar surface area (TPSA) is 72.3 Å². The van der Waals surface area contributed by atoms with Crippen molar-refractivity contribution in [3.8, 4) is 5.88 Å². The maximum absolute atomic E-state index is 12.2. The van der Waals surface area contributed by atoms with Crippen LogP contribution in [0, 0.1) is 12.8 Å². The van der Waals surface area contributed by atoms with E-state index in [9.17, 15) is 4.79 Å². The van der Waals surface area contributed by atoms with Crippen molar-refractivity contribution in [1.82, 2.24) is 19.4 Å². The Bertz CT molecular complexity index is 1150. The van der Waals surface area contributed by atoms with Gasteiger partial charge in [-0.3, -0.25) is 4.79 Å². The molecule has 1 amide bonds. The van der Waals surface area contributed by atoms with Crippen molar-refractivity contribution in [1.29, 1.82) is 0 Å². The van der Waals surface area contributed by atoms with Crippen molar-refractivity contribution >= 4 is 39.1 Å². The van der Waals surface area contributed by atoms with Crippen LogP contribution in [0.15, 0.2) is 37.2 Å². The number of fused-ring (bicyclic) bond motifs is 1. The Kier molecular flexibility index (Phi) is 6.35. The Balaban J connectivity index is 1.43. The fraction of sp³-hybridized carbons (Fsp3) is 0.480. The molecule has 0 unspecified atom stereocenters. The van der Waals surface area contributed by atoms with Crippen LogP contribution in [-0.4, -0.2) is 44.5 Å². The molecule has 0 radical (unpaired) electrons. The number of hydrogen-bond donors (Lipinski definition) is 1. The lowest BCUT2D eigenvalue weighted by atomic mass is 10.1. The Morgan fingerprint density at radius 3 is 2.94 bits per heavy atom. The largest absolute Gasteiger partial charge is 0.475 e. The Morgan fingerprint density at radius 2 is 2.18 bits per heavy atom. The van der Waals surface area contributed by atoms with E-state index in [0.29, 0.717) is 12.5 Å². The number of amides is 1. The summed E-state index contributed by atoms with van der Waals surface area (Å²) in [6, 6.07) is 4.24. The van der Waals surface area contributed by atoms with Crippen LogP contribution in [0.25, 0.3) is 10.9 Å². The third kappa shape index (κ3) is 4.76. The molecule has 0 aromatic carbocycles. The normalized spacial score (nSPS) is 18.8. The van der Waals surface area contributed by atoms with Gasteiger partial charge in [0.15, 0.2) is 5.13 Å². The maximum Gasteiger partial charge on any atom is 0.246 e.